The lowest BCUT2D eigenvalue weighted by Crippen LogP contribution is -2.33. The third-order valence-corrected chi connectivity index (χ3v) is 3.97. The van der Waals surface area contributed by atoms with Crippen molar-refractivity contribution in [2.75, 3.05) is 23.7 Å². The number of rotatable bonds is 7. The first-order chi connectivity index (χ1) is 13.6. The van der Waals surface area contributed by atoms with Crippen molar-refractivity contribution in [1.29, 1.82) is 0 Å². The zero-order valence-corrected chi connectivity index (χ0v) is 15.8. The van der Waals surface area contributed by atoms with E-state index in [1.165, 1.54) is 19.1 Å². The van der Waals surface area contributed by atoms with Gasteiger partial charge in [0.15, 0.2) is 5.78 Å². The molecule has 0 heterocycles. The molecule has 0 spiro atoms. The number of benzene rings is 2. The van der Waals surface area contributed by atoms with Crippen LogP contribution in [0.4, 0.5) is 24.5 Å². The van der Waals surface area contributed by atoms with Gasteiger partial charge in [-0.25, -0.2) is 0 Å². The number of amides is 2. The second-order valence-electron chi connectivity index (χ2n) is 6.33. The number of alkyl halides is 3. The summed E-state index contributed by atoms with van der Waals surface area (Å²) in [6.07, 6.45) is -4.50. The lowest BCUT2D eigenvalue weighted by molar-refractivity contribution is -0.123. The summed E-state index contributed by atoms with van der Waals surface area (Å²) >= 11 is 0. The van der Waals surface area contributed by atoms with Crippen LogP contribution in [0.15, 0.2) is 42.5 Å². The summed E-state index contributed by atoms with van der Waals surface area (Å²) in [7, 11) is 0. The number of Topliss-reactive ketones (excluding diaryl/α,β-unsaturated/α-hetero) is 1. The number of para-hydroxylation sites is 1. The Balaban J connectivity index is 2.02. The van der Waals surface area contributed by atoms with Crippen LogP contribution < -0.4 is 16.0 Å². The van der Waals surface area contributed by atoms with E-state index in [1.54, 1.807) is 42.6 Å². The molecule has 2 aromatic rings. The minimum Gasteiger partial charge on any atom is -0.376 e. The molecule has 0 aliphatic carbocycles. The number of halogens is 3. The third kappa shape index (κ3) is 6.63. The smallest absolute Gasteiger partial charge is 0.376 e. The predicted molar refractivity (Wildman–Crippen MR) is 103 cm³/mol. The van der Waals surface area contributed by atoms with Gasteiger partial charge in [0.1, 0.15) is 6.54 Å². The molecule has 0 aromatic heterocycles. The Morgan fingerprint density at radius 1 is 1.00 bits per heavy atom. The molecule has 0 aliphatic rings. The average Bonchev–Trinajstić information content (AvgIpc) is 2.65. The summed E-state index contributed by atoms with van der Waals surface area (Å²) < 4.78 is 36.7. The summed E-state index contributed by atoms with van der Waals surface area (Å²) in [6, 6.07) is 10.9. The van der Waals surface area contributed by atoms with Gasteiger partial charge in [-0.2, -0.15) is 13.2 Å². The maximum absolute atomic E-state index is 12.2. The van der Waals surface area contributed by atoms with Gasteiger partial charge in [0.25, 0.3) is 5.91 Å². The van der Waals surface area contributed by atoms with Crippen LogP contribution in [0.3, 0.4) is 0 Å². The topological polar surface area (TPSA) is 87.3 Å². The van der Waals surface area contributed by atoms with Gasteiger partial charge in [0.2, 0.25) is 5.91 Å². The quantitative estimate of drug-likeness (QED) is 0.613. The van der Waals surface area contributed by atoms with E-state index in [1.807, 2.05) is 0 Å². The maximum atomic E-state index is 12.2. The van der Waals surface area contributed by atoms with E-state index in [0.29, 0.717) is 22.5 Å². The molecule has 2 rings (SSSR count). The first-order valence-corrected chi connectivity index (χ1v) is 8.66. The van der Waals surface area contributed by atoms with Crippen LogP contribution in [0.2, 0.25) is 0 Å². The molecular formula is C20H20F3N3O3. The molecule has 0 fully saturated rings. The zero-order valence-electron chi connectivity index (χ0n) is 15.8. The van der Waals surface area contributed by atoms with E-state index in [2.05, 4.69) is 10.6 Å². The van der Waals surface area contributed by atoms with E-state index >= 15 is 0 Å². The Morgan fingerprint density at radius 3 is 2.34 bits per heavy atom. The van der Waals surface area contributed by atoms with Gasteiger partial charge in [-0.15, -0.1) is 0 Å². The zero-order chi connectivity index (χ0) is 21.6. The molecule has 0 radical (unpaired) electrons. The van der Waals surface area contributed by atoms with Crippen molar-refractivity contribution in [1.82, 2.24) is 5.32 Å². The molecule has 2 aromatic carbocycles. The lowest BCUT2D eigenvalue weighted by Gasteiger charge is -2.13. The van der Waals surface area contributed by atoms with Crippen molar-refractivity contribution in [2.24, 2.45) is 0 Å². The van der Waals surface area contributed by atoms with E-state index in [9.17, 15) is 27.6 Å². The largest absolute Gasteiger partial charge is 0.405 e. The van der Waals surface area contributed by atoms with Gasteiger partial charge in [0, 0.05) is 16.8 Å². The van der Waals surface area contributed by atoms with Gasteiger partial charge in [-0.3, -0.25) is 14.4 Å². The van der Waals surface area contributed by atoms with Crippen molar-refractivity contribution >= 4 is 29.0 Å². The van der Waals surface area contributed by atoms with Crippen molar-refractivity contribution < 1.29 is 27.6 Å². The molecular weight excluding hydrogens is 387 g/mol. The Kier molecular flexibility index (Phi) is 6.98. The summed E-state index contributed by atoms with van der Waals surface area (Å²) in [4.78, 5) is 35.7. The van der Waals surface area contributed by atoms with Crippen molar-refractivity contribution in [3.05, 3.63) is 59.2 Å². The first-order valence-electron chi connectivity index (χ1n) is 8.66. The van der Waals surface area contributed by atoms with Crippen LogP contribution in [0.5, 0.6) is 0 Å². The fraction of sp³-hybridized carbons (Fsp3) is 0.250. The van der Waals surface area contributed by atoms with Gasteiger partial charge in [-0.1, -0.05) is 18.2 Å². The standard InChI is InChI=1S/C20H20F3N3O3/c1-12-7-8-14(19(29)25-11-20(21,22)23)9-17(12)24-10-18(28)26-16-6-4-3-5-15(16)13(2)27/h3-9,24H,10-11H2,1-2H3,(H,25,29)(H,26,28). The number of hydrogen-bond donors (Lipinski definition) is 3. The van der Waals surface area contributed by atoms with E-state index < -0.39 is 24.5 Å². The molecule has 3 N–H and O–H groups in total. The average molecular weight is 407 g/mol. The van der Waals surface area contributed by atoms with Crippen molar-refractivity contribution in [2.45, 2.75) is 20.0 Å². The highest BCUT2D eigenvalue weighted by atomic mass is 19.4. The summed E-state index contributed by atoms with van der Waals surface area (Å²) in [5.41, 5.74) is 1.92. The summed E-state index contributed by atoms with van der Waals surface area (Å²) in [5, 5.41) is 7.28. The van der Waals surface area contributed by atoms with Crippen LogP contribution in [0.1, 0.15) is 33.2 Å². The maximum Gasteiger partial charge on any atom is 0.405 e. The Bertz CT molecular complexity index is 927. The minimum atomic E-state index is -4.50. The van der Waals surface area contributed by atoms with E-state index in [-0.39, 0.29) is 17.9 Å². The number of hydrogen-bond acceptors (Lipinski definition) is 4. The Hall–Kier alpha value is -3.36. The molecule has 154 valence electrons. The lowest BCUT2D eigenvalue weighted by atomic mass is 10.1. The van der Waals surface area contributed by atoms with E-state index in [4.69, 9.17) is 0 Å². The SMILES string of the molecule is CC(=O)c1ccccc1NC(=O)CNc1cc(C(=O)NCC(F)(F)F)ccc1C. The van der Waals surface area contributed by atoms with Crippen LogP contribution in [-0.4, -0.2) is 36.9 Å². The minimum absolute atomic E-state index is 0.0321. The number of aryl methyl sites for hydroxylation is 1. The monoisotopic (exact) mass is 407 g/mol. The molecule has 0 bridgehead atoms. The molecule has 0 aliphatic heterocycles. The molecule has 29 heavy (non-hydrogen) atoms. The summed E-state index contributed by atoms with van der Waals surface area (Å²) in [6.45, 7) is 1.52. The molecule has 0 unspecified atom stereocenters. The number of carbonyl (C=O) groups excluding carboxylic acids is 3. The van der Waals surface area contributed by atoms with Gasteiger partial charge in [0.05, 0.1) is 12.2 Å². The Labute approximate surface area is 165 Å². The Morgan fingerprint density at radius 2 is 1.69 bits per heavy atom. The number of anilines is 2. The van der Waals surface area contributed by atoms with Gasteiger partial charge < -0.3 is 16.0 Å². The molecule has 0 atom stereocenters. The molecule has 0 saturated heterocycles. The van der Waals surface area contributed by atoms with Crippen LogP contribution in [0, 0.1) is 6.92 Å². The number of carbonyl (C=O) groups is 3. The first kappa shape index (κ1) is 21.9. The highest BCUT2D eigenvalue weighted by molar-refractivity contribution is 6.04. The fourth-order valence-corrected chi connectivity index (χ4v) is 2.51. The van der Waals surface area contributed by atoms with Crippen molar-refractivity contribution in [3.63, 3.8) is 0 Å². The molecule has 0 saturated carbocycles. The highest BCUT2D eigenvalue weighted by Gasteiger charge is 2.28. The fourth-order valence-electron chi connectivity index (χ4n) is 2.51. The molecule has 2 amide bonds. The highest BCUT2D eigenvalue weighted by Crippen LogP contribution is 2.19. The number of ketones is 1. The van der Waals surface area contributed by atoms with E-state index in [0.717, 1.165) is 0 Å². The second-order valence-corrected chi connectivity index (χ2v) is 6.33. The van der Waals surface area contributed by atoms with Crippen LogP contribution in [-0.2, 0) is 4.79 Å². The second kappa shape index (κ2) is 9.22. The van der Waals surface area contributed by atoms with Crippen LogP contribution in [0.25, 0.3) is 0 Å². The van der Waals surface area contributed by atoms with Gasteiger partial charge >= 0.3 is 6.18 Å². The van der Waals surface area contributed by atoms with Crippen LogP contribution >= 0.6 is 0 Å². The normalized spacial score (nSPS) is 10.9. The number of nitrogens with one attached hydrogen (secondary N) is 3. The molecule has 6 nitrogen and oxygen atoms in total. The predicted octanol–water partition coefficient (Wildman–Crippen LogP) is 3.54. The third-order valence-electron chi connectivity index (χ3n) is 3.97. The van der Waals surface area contributed by atoms with Gasteiger partial charge in [-0.05, 0) is 43.7 Å². The molecule has 9 heteroatoms. The summed E-state index contributed by atoms with van der Waals surface area (Å²) in [5.74, 6) is -1.49. The van der Waals surface area contributed by atoms with Crippen molar-refractivity contribution in [3.8, 4) is 0 Å².